The van der Waals surface area contributed by atoms with Crippen molar-refractivity contribution >= 4 is 28.5 Å². The summed E-state index contributed by atoms with van der Waals surface area (Å²) in [5.41, 5.74) is 4.32. The Hall–Kier alpha value is -3.26. The topological polar surface area (TPSA) is 89.4 Å². The van der Waals surface area contributed by atoms with E-state index < -0.39 is 0 Å². The molecule has 2 aromatic carbocycles. The number of fused-ring (bicyclic) bond motifs is 1. The van der Waals surface area contributed by atoms with Crippen LogP contribution in [0, 0.1) is 13.8 Å². The van der Waals surface area contributed by atoms with Crippen molar-refractivity contribution in [3.8, 4) is 0 Å². The molecule has 1 heterocycles. The summed E-state index contributed by atoms with van der Waals surface area (Å²) in [6.07, 6.45) is 0. The quantitative estimate of drug-likeness (QED) is 0.588. The first-order chi connectivity index (χ1) is 14.0. The van der Waals surface area contributed by atoms with Gasteiger partial charge in [0.05, 0.1) is 12.1 Å². The minimum Gasteiger partial charge on any atom is -0.383 e. The summed E-state index contributed by atoms with van der Waals surface area (Å²) in [4.78, 5) is 27.0. The number of hydrogen-bond donors (Lipinski definition) is 1. The SMILES string of the molecule is COCCNC(=O)CN(C(=O)Cn1nnc2ccccc21)c1ccc(C)c(C)c1. The summed E-state index contributed by atoms with van der Waals surface area (Å²) in [6, 6.07) is 13.1. The maximum atomic E-state index is 13.1. The molecule has 3 rings (SSSR count). The Balaban J connectivity index is 1.83. The molecule has 0 saturated heterocycles. The second-order valence-electron chi connectivity index (χ2n) is 6.83. The summed E-state index contributed by atoms with van der Waals surface area (Å²) in [7, 11) is 1.57. The third-order valence-corrected chi connectivity index (χ3v) is 4.74. The van der Waals surface area contributed by atoms with Crippen LogP contribution >= 0.6 is 0 Å². The molecule has 0 fully saturated rings. The van der Waals surface area contributed by atoms with Crippen LogP contribution in [-0.4, -0.2) is 53.6 Å². The first-order valence-corrected chi connectivity index (χ1v) is 9.41. The molecule has 0 bridgehead atoms. The fraction of sp³-hybridized carbons (Fsp3) is 0.333. The molecular weight excluding hydrogens is 370 g/mol. The molecule has 0 spiro atoms. The first-order valence-electron chi connectivity index (χ1n) is 9.41. The number of amides is 2. The Morgan fingerprint density at radius 1 is 1.14 bits per heavy atom. The predicted octanol–water partition coefficient (Wildman–Crippen LogP) is 1.84. The Morgan fingerprint density at radius 2 is 1.93 bits per heavy atom. The molecule has 8 heteroatoms. The van der Waals surface area contributed by atoms with Crippen molar-refractivity contribution in [1.82, 2.24) is 20.3 Å². The zero-order chi connectivity index (χ0) is 20.8. The lowest BCUT2D eigenvalue weighted by Gasteiger charge is -2.23. The van der Waals surface area contributed by atoms with E-state index in [1.54, 1.807) is 11.8 Å². The lowest BCUT2D eigenvalue weighted by atomic mass is 10.1. The summed E-state index contributed by atoms with van der Waals surface area (Å²) in [5.74, 6) is -0.497. The van der Waals surface area contributed by atoms with Crippen LogP contribution in [0.1, 0.15) is 11.1 Å². The largest absolute Gasteiger partial charge is 0.383 e. The monoisotopic (exact) mass is 395 g/mol. The molecule has 1 N–H and O–H groups in total. The summed E-state index contributed by atoms with van der Waals surface area (Å²) in [6.45, 7) is 4.68. The zero-order valence-electron chi connectivity index (χ0n) is 16.9. The van der Waals surface area contributed by atoms with Crippen LogP contribution in [0.25, 0.3) is 11.0 Å². The van der Waals surface area contributed by atoms with Crippen LogP contribution in [0.3, 0.4) is 0 Å². The molecule has 1 aromatic heterocycles. The Morgan fingerprint density at radius 3 is 2.69 bits per heavy atom. The Bertz CT molecular complexity index is 1010. The minimum atomic E-state index is -0.253. The number of nitrogens with zero attached hydrogens (tertiary/aromatic N) is 4. The molecule has 0 aliphatic heterocycles. The number of aromatic nitrogens is 3. The molecule has 152 valence electrons. The maximum Gasteiger partial charge on any atom is 0.249 e. The predicted molar refractivity (Wildman–Crippen MR) is 111 cm³/mol. The van der Waals surface area contributed by atoms with Gasteiger partial charge < -0.3 is 15.0 Å². The van der Waals surface area contributed by atoms with Gasteiger partial charge in [0, 0.05) is 19.3 Å². The van der Waals surface area contributed by atoms with E-state index in [-0.39, 0.29) is 24.9 Å². The van der Waals surface area contributed by atoms with Gasteiger partial charge in [0.1, 0.15) is 18.6 Å². The average Bonchev–Trinajstić information content (AvgIpc) is 3.11. The van der Waals surface area contributed by atoms with Gasteiger partial charge in [-0.15, -0.1) is 5.10 Å². The van der Waals surface area contributed by atoms with Crippen LogP contribution in [0.15, 0.2) is 42.5 Å². The number of methoxy groups -OCH3 is 1. The molecule has 0 unspecified atom stereocenters. The van der Waals surface area contributed by atoms with Gasteiger partial charge >= 0.3 is 0 Å². The van der Waals surface area contributed by atoms with Crippen molar-refractivity contribution in [3.05, 3.63) is 53.6 Å². The first kappa shape index (κ1) is 20.5. The molecular formula is C21H25N5O3. The lowest BCUT2D eigenvalue weighted by Crippen LogP contribution is -2.43. The zero-order valence-corrected chi connectivity index (χ0v) is 16.9. The number of ether oxygens (including phenoxy) is 1. The van der Waals surface area contributed by atoms with E-state index in [0.29, 0.717) is 18.8 Å². The second-order valence-corrected chi connectivity index (χ2v) is 6.83. The van der Waals surface area contributed by atoms with E-state index in [2.05, 4.69) is 15.6 Å². The highest BCUT2D eigenvalue weighted by Gasteiger charge is 2.21. The number of hydrogen-bond acceptors (Lipinski definition) is 5. The van der Waals surface area contributed by atoms with E-state index >= 15 is 0 Å². The number of benzene rings is 2. The number of carbonyl (C=O) groups is 2. The van der Waals surface area contributed by atoms with E-state index in [1.807, 2.05) is 56.3 Å². The average molecular weight is 395 g/mol. The Labute approximate surface area is 169 Å². The molecule has 0 radical (unpaired) electrons. The molecule has 3 aromatic rings. The molecule has 2 amide bonds. The van der Waals surface area contributed by atoms with Crippen LogP contribution in [0.2, 0.25) is 0 Å². The van der Waals surface area contributed by atoms with Gasteiger partial charge in [-0.1, -0.05) is 23.4 Å². The van der Waals surface area contributed by atoms with Gasteiger partial charge in [0.15, 0.2) is 0 Å². The van der Waals surface area contributed by atoms with Gasteiger partial charge in [0.2, 0.25) is 11.8 Å². The smallest absolute Gasteiger partial charge is 0.249 e. The fourth-order valence-corrected chi connectivity index (χ4v) is 2.96. The number of nitrogens with one attached hydrogen (secondary N) is 1. The molecule has 8 nitrogen and oxygen atoms in total. The van der Waals surface area contributed by atoms with Gasteiger partial charge in [-0.25, -0.2) is 4.68 Å². The third kappa shape index (κ3) is 4.97. The van der Waals surface area contributed by atoms with E-state index in [4.69, 9.17) is 4.74 Å². The molecule has 29 heavy (non-hydrogen) atoms. The Kier molecular flexibility index (Phi) is 6.56. The normalized spacial score (nSPS) is 10.9. The van der Waals surface area contributed by atoms with Gasteiger partial charge in [-0.3, -0.25) is 9.59 Å². The van der Waals surface area contributed by atoms with Gasteiger partial charge in [-0.2, -0.15) is 0 Å². The van der Waals surface area contributed by atoms with Crippen LogP contribution in [-0.2, 0) is 20.9 Å². The highest BCUT2D eigenvalue weighted by atomic mass is 16.5. The van der Waals surface area contributed by atoms with Crippen molar-refractivity contribution in [2.75, 3.05) is 31.7 Å². The highest BCUT2D eigenvalue weighted by molar-refractivity contribution is 5.99. The fourth-order valence-electron chi connectivity index (χ4n) is 2.96. The number of aryl methyl sites for hydroxylation is 2. The summed E-state index contributed by atoms with van der Waals surface area (Å²) in [5, 5.41) is 10.9. The van der Waals surface area contributed by atoms with Crippen molar-refractivity contribution in [2.24, 2.45) is 0 Å². The van der Waals surface area contributed by atoms with Crippen LogP contribution in [0.4, 0.5) is 5.69 Å². The summed E-state index contributed by atoms with van der Waals surface area (Å²) < 4.78 is 6.51. The molecule has 0 aliphatic rings. The van der Waals surface area contributed by atoms with Crippen molar-refractivity contribution in [3.63, 3.8) is 0 Å². The molecule has 0 aliphatic carbocycles. The van der Waals surface area contributed by atoms with Crippen molar-refractivity contribution < 1.29 is 14.3 Å². The highest BCUT2D eigenvalue weighted by Crippen LogP contribution is 2.20. The second kappa shape index (κ2) is 9.29. The number of carbonyl (C=O) groups excluding carboxylic acids is 2. The number of para-hydroxylation sites is 1. The standard InChI is InChI=1S/C21H25N5O3/c1-15-8-9-17(12-16(15)2)25(13-20(27)22-10-11-29-3)21(28)14-26-19-7-5-4-6-18(19)23-24-26/h4-9,12H,10-11,13-14H2,1-3H3,(H,22,27). The minimum absolute atomic E-state index is 0.0151. The van der Waals surface area contributed by atoms with E-state index in [9.17, 15) is 9.59 Å². The molecule has 0 atom stereocenters. The van der Waals surface area contributed by atoms with E-state index in [0.717, 1.165) is 22.2 Å². The maximum absolute atomic E-state index is 13.1. The number of rotatable bonds is 8. The lowest BCUT2D eigenvalue weighted by molar-refractivity contribution is -0.124. The van der Waals surface area contributed by atoms with E-state index in [1.165, 1.54) is 4.90 Å². The van der Waals surface area contributed by atoms with Gasteiger partial charge in [-0.05, 0) is 49.2 Å². The van der Waals surface area contributed by atoms with Crippen LogP contribution in [0.5, 0.6) is 0 Å². The van der Waals surface area contributed by atoms with Crippen LogP contribution < -0.4 is 10.2 Å². The molecule has 0 saturated carbocycles. The summed E-state index contributed by atoms with van der Waals surface area (Å²) >= 11 is 0. The van der Waals surface area contributed by atoms with Crippen molar-refractivity contribution in [2.45, 2.75) is 20.4 Å². The van der Waals surface area contributed by atoms with Crippen molar-refractivity contribution in [1.29, 1.82) is 0 Å². The third-order valence-electron chi connectivity index (χ3n) is 4.74. The van der Waals surface area contributed by atoms with Gasteiger partial charge in [0.25, 0.3) is 0 Å². The number of anilines is 1.